The van der Waals surface area contributed by atoms with Crippen molar-refractivity contribution in [1.29, 1.82) is 0 Å². The zero-order valence-electron chi connectivity index (χ0n) is 15.3. The highest BCUT2D eigenvalue weighted by atomic mass is 32.2. The highest BCUT2D eigenvalue weighted by Crippen LogP contribution is 2.34. The number of esters is 1. The van der Waals surface area contributed by atoms with Gasteiger partial charge in [-0.1, -0.05) is 36.0 Å². The van der Waals surface area contributed by atoms with Crippen LogP contribution in [0.15, 0.2) is 45.7 Å². The van der Waals surface area contributed by atoms with Crippen molar-refractivity contribution in [2.24, 2.45) is 0 Å². The molecule has 1 aromatic heterocycles. The van der Waals surface area contributed by atoms with Crippen molar-refractivity contribution in [2.45, 2.75) is 38.8 Å². The van der Waals surface area contributed by atoms with E-state index in [0.29, 0.717) is 6.61 Å². The highest BCUT2D eigenvalue weighted by molar-refractivity contribution is 8.00. The molecule has 0 spiro atoms. The standard InChI is InChI=1S/C20H26O2S2/c1-7-22-19(21)13-15(3)10-8-9-14(2)11-12-18-16(4)20(23-6)24-17(18)5/h8-13H,7H2,1-6H3/b10-8+,12-11?,14-9?,15-13?. The Balaban J connectivity index is 2.76. The summed E-state index contributed by atoms with van der Waals surface area (Å²) < 4.78 is 6.27. The summed E-state index contributed by atoms with van der Waals surface area (Å²) in [7, 11) is 0. The van der Waals surface area contributed by atoms with E-state index in [0.717, 1.165) is 11.1 Å². The van der Waals surface area contributed by atoms with Gasteiger partial charge in [-0.05, 0) is 57.6 Å². The lowest BCUT2D eigenvalue weighted by atomic mass is 10.1. The molecule has 0 fully saturated rings. The molecule has 0 aliphatic heterocycles. The van der Waals surface area contributed by atoms with E-state index < -0.39 is 0 Å². The van der Waals surface area contributed by atoms with E-state index in [2.05, 4.69) is 39.2 Å². The largest absolute Gasteiger partial charge is 0.463 e. The van der Waals surface area contributed by atoms with E-state index in [1.54, 1.807) is 18.7 Å². The molecule has 4 heteroatoms. The van der Waals surface area contributed by atoms with Crippen LogP contribution in [0.2, 0.25) is 0 Å². The normalized spacial score (nSPS) is 13.2. The molecule has 24 heavy (non-hydrogen) atoms. The number of aryl methyl sites for hydroxylation is 1. The second-order valence-electron chi connectivity index (χ2n) is 5.43. The monoisotopic (exact) mass is 362 g/mol. The zero-order chi connectivity index (χ0) is 18.1. The lowest BCUT2D eigenvalue weighted by molar-refractivity contribution is -0.137. The van der Waals surface area contributed by atoms with Crippen molar-refractivity contribution in [2.75, 3.05) is 12.9 Å². The molecule has 0 aliphatic rings. The molecule has 0 radical (unpaired) electrons. The highest BCUT2D eigenvalue weighted by Gasteiger charge is 2.08. The number of rotatable bonds is 7. The van der Waals surface area contributed by atoms with E-state index >= 15 is 0 Å². The fourth-order valence-corrected chi connectivity index (χ4v) is 4.12. The summed E-state index contributed by atoms with van der Waals surface area (Å²) in [5.41, 5.74) is 4.71. The summed E-state index contributed by atoms with van der Waals surface area (Å²) in [6, 6.07) is 0. The molecule has 2 nitrogen and oxygen atoms in total. The lowest BCUT2D eigenvalue weighted by Crippen LogP contribution is -1.99. The van der Waals surface area contributed by atoms with Gasteiger partial charge >= 0.3 is 5.97 Å². The molecule has 0 aromatic carbocycles. The number of hydrogen-bond acceptors (Lipinski definition) is 4. The summed E-state index contributed by atoms with van der Waals surface area (Å²) in [5.74, 6) is -0.298. The minimum absolute atomic E-state index is 0.298. The molecule has 1 rings (SSSR count). The Morgan fingerprint density at radius 3 is 2.50 bits per heavy atom. The Morgan fingerprint density at radius 1 is 1.21 bits per heavy atom. The quantitative estimate of drug-likeness (QED) is 0.253. The predicted molar refractivity (Wildman–Crippen MR) is 108 cm³/mol. The van der Waals surface area contributed by atoms with Crippen molar-refractivity contribution in [3.63, 3.8) is 0 Å². The first kappa shape index (κ1) is 20.5. The summed E-state index contributed by atoms with van der Waals surface area (Å²) in [6.45, 7) is 10.5. The molecule has 0 saturated heterocycles. The maximum atomic E-state index is 11.3. The van der Waals surface area contributed by atoms with Gasteiger partial charge in [0.05, 0.1) is 10.8 Å². The van der Waals surface area contributed by atoms with Crippen LogP contribution in [0.25, 0.3) is 6.08 Å². The van der Waals surface area contributed by atoms with Gasteiger partial charge in [0.25, 0.3) is 0 Å². The maximum Gasteiger partial charge on any atom is 0.330 e. The Kier molecular flexibility index (Phi) is 8.87. The zero-order valence-corrected chi connectivity index (χ0v) is 16.9. The van der Waals surface area contributed by atoms with Crippen molar-refractivity contribution in [1.82, 2.24) is 0 Å². The molecule has 0 unspecified atom stereocenters. The second-order valence-corrected chi connectivity index (χ2v) is 7.73. The molecule has 1 aromatic rings. The first-order valence-corrected chi connectivity index (χ1v) is 9.95. The first-order chi connectivity index (χ1) is 11.4. The molecular formula is C20H26O2S2. The minimum Gasteiger partial charge on any atom is -0.463 e. The predicted octanol–water partition coefficient (Wildman–Crippen LogP) is 6.11. The number of allylic oxidation sites excluding steroid dienone is 6. The Bertz CT molecular complexity index is 689. The maximum absolute atomic E-state index is 11.3. The third-order valence-corrected chi connectivity index (χ3v) is 5.83. The van der Waals surface area contributed by atoms with Crippen LogP contribution >= 0.6 is 23.1 Å². The van der Waals surface area contributed by atoms with Crippen molar-refractivity contribution in [3.8, 4) is 0 Å². The van der Waals surface area contributed by atoms with Crippen LogP contribution in [-0.2, 0) is 9.53 Å². The molecule has 0 saturated carbocycles. The topological polar surface area (TPSA) is 26.3 Å². The first-order valence-electron chi connectivity index (χ1n) is 7.91. The number of carbonyl (C=O) groups excluding carboxylic acids is 1. The smallest absolute Gasteiger partial charge is 0.330 e. The van der Waals surface area contributed by atoms with Crippen LogP contribution in [0.1, 0.15) is 36.8 Å². The van der Waals surface area contributed by atoms with Crippen LogP contribution in [0.5, 0.6) is 0 Å². The molecule has 0 aliphatic carbocycles. The van der Waals surface area contributed by atoms with Gasteiger partial charge in [-0.25, -0.2) is 4.79 Å². The van der Waals surface area contributed by atoms with Gasteiger partial charge in [-0.2, -0.15) is 0 Å². The number of hydrogen-bond donors (Lipinski definition) is 0. The molecule has 0 bridgehead atoms. The lowest BCUT2D eigenvalue weighted by Gasteiger charge is -1.97. The van der Waals surface area contributed by atoms with Gasteiger partial charge in [-0.3, -0.25) is 0 Å². The van der Waals surface area contributed by atoms with Crippen LogP contribution in [0, 0.1) is 13.8 Å². The van der Waals surface area contributed by atoms with E-state index in [9.17, 15) is 4.79 Å². The van der Waals surface area contributed by atoms with Crippen LogP contribution in [-0.4, -0.2) is 18.8 Å². The number of carbonyl (C=O) groups is 1. The Morgan fingerprint density at radius 2 is 1.92 bits per heavy atom. The summed E-state index contributed by atoms with van der Waals surface area (Å²) >= 11 is 3.66. The Labute approximate surface area is 154 Å². The molecule has 130 valence electrons. The van der Waals surface area contributed by atoms with Gasteiger partial charge in [-0.15, -0.1) is 23.1 Å². The van der Waals surface area contributed by atoms with Gasteiger partial charge in [0.1, 0.15) is 0 Å². The molecular weight excluding hydrogens is 336 g/mol. The third-order valence-electron chi connectivity index (χ3n) is 3.38. The van der Waals surface area contributed by atoms with E-state index in [1.165, 1.54) is 26.3 Å². The minimum atomic E-state index is -0.298. The van der Waals surface area contributed by atoms with Crippen molar-refractivity contribution in [3.05, 3.63) is 57.5 Å². The average molecular weight is 363 g/mol. The van der Waals surface area contributed by atoms with Crippen LogP contribution < -0.4 is 0 Å². The van der Waals surface area contributed by atoms with Gasteiger partial charge in [0.2, 0.25) is 0 Å². The molecule has 1 heterocycles. The van der Waals surface area contributed by atoms with E-state index in [1.807, 2.05) is 36.5 Å². The summed E-state index contributed by atoms with van der Waals surface area (Å²) in [5, 5.41) is 0. The molecule has 0 atom stereocenters. The third kappa shape index (κ3) is 6.54. The molecule has 0 amide bonds. The van der Waals surface area contributed by atoms with Crippen molar-refractivity contribution < 1.29 is 9.53 Å². The average Bonchev–Trinajstić information content (AvgIpc) is 2.79. The van der Waals surface area contributed by atoms with Gasteiger partial charge < -0.3 is 4.74 Å². The fraction of sp³-hybridized carbons (Fsp3) is 0.350. The van der Waals surface area contributed by atoms with E-state index in [4.69, 9.17) is 4.74 Å². The fourth-order valence-electron chi connectivity index (χ4n) is 2.12. The van der Waals surface area contributed by atoms with Gasteiger partial charge in [0, 0.05) is 11.0 Å². The van der Waals surface area contributed by atoms with E-state index in [-0.39, 0.29) is 5.97 Å². The SMILES string of the molecule is CCOC(=O)C=C(C)/C=C/C=C(C)C=Cc1c(C)sc(SC)c1C. The number of thiophene rings is 1. The summed E-state index contributed by atoms with van der Waals surface area (Å²) in [4.78, 5) is 12.7. The Hall–Kier alpha value is -1.52. The summed E-state index contributed by atoms with van der Waals surface area (Å²) in [6.07, 6.45) is 13.8. The second kappa shape index (κ2) is 10.4. The molecule has 0 N–H and O–H groups in total. The van der Waals surface area contributed by atoms with Gasteiger partial charge in [0.15, 0.2) is 0 Å². The number of thioether (sulfide) groups is 1. The number of ether oxygens (including phenoxy) is 1. The van der Waals surface area contributed by atoms with Crippen LogP contribution in [0.4, 0.5) is 0 Å². The van der Waals surface area contributed by atoms with Crippen molar-refractivity contribution >= 4 is 35.1 Å². The van der Waals surface area contributed by atoms with Crippen LogP contribution in [0.3, 0.4) is 0 Å².